The van der Waals surface area contributed by atoms with Crippen molar-refractivity contribution < 1.29 is 22.8 Å². The molecule has 1 unspecified atom stereocenters. The molecule has 0 radical (unpaired) electrons. The summed E-state index contributed by atoms with van der Waals surface area (Å²) in [6, 6.07) is 14.4. The van der Waals surface area contributed by atoms with Gasteiger partial charge < -0.3 is 20.0 Å². The van der Waals surface area contributed by atoms with Crippen LogP contribution in [0.25, 0.3) is 11.3 Å². The minimum Gasteiger partial charge on any atom is -0.451 e. The second-order valence-electron chi connectivity index (χ2n) is 7.78. The quantitative estimate of drug-likeness (QED) is 0.594. The first-order valence-electron chi connectivity index (χ1n) is 10.4. The van der Waals surface area contributed by atoms with Crippen LogP contribution < -0.4 is 10.6 Å². The number of hydrogen-bond donors (Lipinski definition) is 2. The van der Waals surface area contributed by atoms with E-state index in [1.54, 1.807) is 35.2 Å². The van der Waals surface area contributed by atoms with Crippen molar-refractivity contribution in [3.05, 3.63) is 78.1 Å². The molecule has 0 saturated carbocycles. The van der Waals surface area contributed by atoms with Crippen molar-refractivity contribution in [3.63, 3.8) is 0 Å². The number of carbonyl (C=O) groups is 2. The lowest BCUT2D eigenvalue weighted by Gasteiger charge is -2.32. The van der Waals surface area contributed by atoms with Crippen molar-refractivity contribution >= 4 is 17.6 Å². The molecule has 1 aliphatic heterocycles. The summed E-state index contributed by atoms with van der Waals surface area (Å²) in [5.41, 5.74) is 1.06. The van der Waals surface area contributed by atoms with Gasteiger partial charge in [-0.1, -0.05) is 6.07 Å². The maximum absolute atomic E-state index is 13.2. The number of furan rings is 1. The van der Waals surface area contributed by atoms with Gasteiger partial charge >= 0.3 is 6.03 Å². The Bertz CT molecular complexity index is 1100. The van der Waals surface area contributed by atoms with Crippen molar-refractivity contribution in [3.8, 4) is 11.3 Å². The molecule has 0 aliphatic carbocycles. The van der Waals surface area contributed by atoms with E-state index in [2.05, 4.69) is 10.6 Å². The number of nitrogens with one attached hydrogen (secondary N) is 2. The predicted octanol–water partition coefficient (Wildman–Crippen LogP) is 4.90. The van der Waals surface area contributed by atoms with Gasteiger partial charge in [0.05, 0.1) is 0 Å². The number of hydrogen-bond acceptors (Lipinski definition) is 3. The first kappa shape index (κ1) is 21.5. The van der Waals surface area contributed by atoms with E-state index in [0.29, 0.717) is 36.6 Å². The summed E-state index contributed by atoms with van der Waals surface area (Å²) in [5, 5.41) is 5.38. The number of anilines is 1. The van der Waals surface area contributed by atoms with Gasteiger partial charge in [0.1, 0.15) is 17.4 Å². The van der Waals surface area contributed by atoms with Crippen molar-refractivity contribution in [2.24, 2.45) is 5.92 Å². The molecule has 1 aliphatic rings. The molecule has 8 heteroatoms. The Morgan fingerprint density at radius 3 is 2.62 bits per heavy atom. The minimum absolute atomic E-state index is 0.0949. The Morgan fingerprint density at radius 2 is 1.84 bits per heavy atom. The third-order valence-electron chi connectivity index (χ3n) is 5.39. The SMILES string of the molecule is O=C(NCC1CCCN(C(=O)c2ccc(-c3ccc(F)cc3)o2)C1)Nc1cccc(F)c1. The molecule has 2 heterocycles. The summed E-state index contributed by atoms with van der Waals surface area (Å²) in [5.74, 6) is -0.164. The molecule has 3 aromatic rings. The largest absolute Gasteiger partial charge is 0.451 e. The zero-order chi connectivity index (χ0) is 22.5. The second kappa shape index (κ2) is 9.64. The zero-order valence-electron chi connectivity index (χ0n) is 17.3. The number of carbonyl (C=O) groups excluding carboxylic acids is 2. The molecule has 0 bridgehead atoms. The van der Waals surface area contributed by atoms with E-state index in [9.17, 15) is 18.4 Å². The number of amides is 3. The summed E-state index contributed by atoms with van der Waals surface area (Å²) in [4.78, 5) is 26.7. The summed E-state index contributed by atoms with van der Waals surface area (Å²) in [6.07, 6.45) is 1.69. The molecule has 0 spiro atoms. The standard InChI is InChI=1S/C24H23F2N3O3/c25-18-8-6-17(7-9-18)21-10-11-22(32-21)23(30)29-12-2-3-16(15-29)14-27-24(31)28-20-5-1-4-19(26)13-20/h1,4-11,13,16H,2-3,12,14-15H2,(H2,27,28,31). The third kappa shape index (κ3) is 5.32. The fourth-order valence-corrected chi connectivity index (χ4v) is 3.77. The fraction of sp³-hybridized carbons (Fsp3) is 0.250. The average Bonchev–Trinajstić information content (AvgIpc) is 3.28. The van der Waals surface area contributed by atoms with Gasteiger partial charge in [0, 0.05) is 30.9 Å². The van der Waals surface area contributed by atoms with Gasteiger partial charge in [0.2, 0.25) is 0 Å². The number of halogens is 2. The highest BCUT2D eigenvalue weighted by molar-refractivity contribution is 5.92. The molecule has 1 aromatic heterocycles. The highest BCUT2D eigenvalue weighted by Crippen LogP contribution is 2.25. The van der Waals surface area contributed by atoms with E-state index in [-0.39, 0.29) is 23.4 Å². The Labute approximate surface area is 184 Å². The number of likely N-dealkylation sites (tertiary alicyclic amines) is 1. The van der Waals surface area contributed by atoms with Gasteiger partial charge in [-0.3, -0.25) is 4.79 Å². The molecule has 3 amide bonds. The van der Waals surface area contributed by atoms with Crippen LogP contribution in [0.4, 0.5) is 19.3 Å². The van der Waals surface area contributed by atoms with E-state index >= 15 is 0 Å². The Morgan fingerprint density at radius 1 is 1.03 bits per heavy atom. The van der Waals surface area contributed by atoms with E-state index in [0.717, 1.165) is 12.8 Å². The van der Waals surface area contributed by atoms with E-state index in [1.807, 2.05) is 0 Å². The van der Waals surface area contributed by atoms with Gasteiger partial charge in [-0.25, -0.2) is 13.6 Å². The van der Waals surface area contributed by atoms with Crippen molar-refractivity contribution in [1.29, 1.82) is 0 Å². The number of nitrogens with zero attached hydrogens (tertiary/aromatic N) is 1. The minimum atomic E-state index is -0.426. The highest BCUT2D eigenvalue weighted by atomic mass is 19.1. The average molecular weight is 439 g/mol. The Balaban J connectivity index is 1.31. The van der Waals surface area contributed by atoms with Crippen LogP contribution in [0.3, 0.4) is 0 Å². The topological polar surface area (TPSA) is 74.6 Å². The maximum atomic E-state index is 13.2. The van der Waals surface area contributed by atoms with Gasteiger partial charge in [-0.15, -0.1) is 0 Å². The van der Waals surface area contributed by atoms with Crippen LogP contribution in [0.2, 0.25) is 0 Å². The molecule has 2 N–H and O–H groups in total. The molecular formula is C24H23F2N3O3. The monoisotopic (exact) mass is 439 g/mol. The fourth-order valence-electron chi connectivity index (χ4n) is 3.77. The third-order valence-corrected chi connectivity index (χ3v) is 5.39. The van der Waals surface area contributed by atoms with E-state index in [1.165, 1.54) is 30.3 Å². The number of benzene rings is 2. The molecule has 1 saturated heterocycles. The second-order valence-corrected chi connectivity index (χ2v) is 7.78. The van der Waals surface area contributed by atoms with Crippen molar-refractivity contribution in [2.45, 2.75) is 12.8 Å². The van der Waals surface area contributed by atoms with Crippen LogP contribution in [-0.4, -0.2) is 36.5 Å². The summed E-state index contributed by atoms with van der Waals surface area (Å²) < 4.78 is 32.1. The summed E-state index contributed by atoms with van der Waals surface area (Å²) in [6.45, 7) is 1.49. The Hall–Kier alpha value is -3.68. The number of rotatable bonds is 5. The van der Waals surface area contributed by atoms with Crippen LogP contribution in [0, 0.1) is 17.6 Å². The normalized spacial score (nSPS) is 15.9. The smallest absolute Gasteiger partial charge is 0.319 e. The molecule has 166 valence electrons. The lowest BCUT2D eigenvalue weighted by Crippen LogP contribution is -2.44. The number of piperidine rings is 1. The van der Waals surface area contributed by atoms with Gasteiger partial charge in [0.15, 0.2) is 5.76 Å². The Kier molecular flexibility index (Phi) is 6.49. The van der Waals surface area contributed by atoms with Crippen LogP contribution in [-0.2, 0) is 0 Å². The van der Waals surface area contributed by atoms with E-state index < -0.39 is 11.8 Å². The molecular weight excluding hydrogens is 416 g/mol. The highest BCUT2D eigenvalue weighted by Gasteiger charge is 2.26. The van der Waals surface area contributed by atoms with E-state index in [4.69, 9.17) is 4.42 Å². The first-order chi connectivity index (χ1) is 15.5. The van der Waals surface area contributed by atoms with Gasteiger partial charge in [-0.2, -0.15) is 0 Å². The molecule has 6 nitrogen and oxygen atoms in total. The maximum Gasteiger partial charge on any atom is 0.319 e. The predicted molar refractivity (Wildman–Crippen MR) is 116 cm³/mol. The van der Waals surface area contributed by atoms with Crippen LogP contribution >= 0.6 is 0 Å². The molecule has 1 fully saturated rings. The van der Waals surface area contributed by atoms with Crippen molar-refractivity contribution in [2.75, 3.05) is 25.0 Å². The van der Waals surface area contributed by atoms with Gasteiger partial charge in [0.25, 0.3) is 5.91 Å². The molecule has 2 aromatic carbocycles. The van der Waals surface area contributed by atoms with Gasteiger partial charge in [-0.05, 0) is 73.4 Å². The molecule has 1 atom stereocenters. The summed E-state index contributed by atoms with van der Waals surface area (Å²) in [7, 11) is 0. The number of urea groups is 1. The van der Waals surface area contributed by atoms with Crippen LogP contribution in [0.1, 0.15) is 23.4 Å². The van der Waals surface area contributed by atoms with Crippen LogP contribution in [0.5, 0.6) is 0 Å². The lowest BCUT2D eigenvalue weighted by molar-refractivity contribution is 0.0644. The molecule has 32 heavy (non-hydrogen) atoms. The lowest BCUT2D eigenvalue weighted by atomic mass is 9.98. The van der Waals surface area contributed by atoms with Crippen LogP contribution in [0.15, 0.2) is 65.1 Å². The first-order valence-corrected chi connectivity index (χ1v) is 10.4. The van der Waals surface area contributed by atoms with Crippen molar-refractivity contribution in [1.82, 2.24) is 10.2 Å². The summed E-state index contributed by atoms with van der Waals surface area (Å²) >= 11 is 0. The molecule has 4 rings (SSSR count). The zero-order valence-corrected chi connectivity index (χ0v) is 17.3.